The average Bonchev–Trinajstić information content (AvgIpc) is 2.93. The Kier molecular flexibility index (Phi) is 5.18. The summed E-state index contributed by atoms with van der Waals surface area (Å²) >= 11 is 0. The predicted octanol–water partition coefficient (Wildman–Crippen LogP) is 2.27. The molecule has 4 rings (SSSR count). The molecule has 2 aliphatic heterocycles. The van der Waals surface area contributed by atoms with E-state index in [1.165, 1.54) is 11.0 Å². The van der Waals surface area contributed by atoms with Crippen molar-refractivity contribution in [3.63, 3.8) is 0 Å². The summed E-state index contributed by atoms with van der Waals surface area (Å²) in [6.07, 6.45) is 2.68. The van der Waals surface area contributed by atoms with E-state index < -0.39 is 23.6 Å². The van der Waals surface area contributed by atoms with E-state index >= 15 is 0 Å². The van der Waals surface area contributed by atoms with Crippen LogP contribution in [-0.4, -0.2) is 45.7 Å². The monoisotopic (exact) mass is 424 g/mol. The van der Waals surface area contributed by atoms with Gasteiger partial charge in [-0.3, -0.25) is 4.79 Å². The molecule has 1 saturated heterocycles. The Morgan fingerprint density at radius 1 is 1.32 bits per heavy atom. The molecule has 0 saturated carbocycles. The van der Waals surface area contributed by atoms with Crippen LogP contribution in [0.1, 0.15) is 19.4 Å². The Morgan fingerprint density at radius 3 is 2.74 bits per heavy atom. The van der Waals surface area contributed by atoms with Gasteiger partial charge in [0.05, 0.1) is 18.1 Å². The van der Waals surface area contributed by atoms with E-state index in [4.69, 9.17) is 4.42 Å². The van der Waals surface area contributed by atoms with Crippen LogP contribution in [0.5, 0.6) is 0 Å². The number of carbonyl (C=O) groups is 2. The van der Waals surface area contributed by atoms with Crippen LogP contribution in [0.3, 0.4) is 0 Å². The molecule has 0 bridgehead atoms. The second kappa shape index (κ2) is 7.70. The van der Waals surface area contributed by atoms with E-state index in [1.807, 2.05) is 26.0 Å². The summed E-state index contributed by atoms with van der Waals surface area (Å²) in [5.41, 5.74) is 2.24. The number of allylic oxidation sites excluding steroid dienone is 1. The highest BCUT2D eigenvalue weighted by Crippen LogP contribution is 2.47. The van der Waals surface area contributed by atoms with Crippen LogP contribution in [0.4, 0.5) is 5.69 Å². The number of amides is 1. The number of aliphatic carboxylic acids is 1. The number of carbonyl (C=O) groups excluding carboxylic acids is 1. The quantitative estimate of drug-likeness (QED) is 0.481. The van der Waals surface area contributed by atoms with Crippen molar-refractivity contribution in [2.45, 2.75) is 32.9 Å². The summed E-state index contributed by atoms with van der Waals surface area (Å²) in [6, 6.07) is 6.61. The summed E-state index contributed by atoms with van der Waals surface area (Å²) in [5, 5.41) is 23.6. The van der Waals surface area contributed by atoms with Crippen LogP contribution in [0.15, 0.2) is 56.9 Å². The first-order chi connectivity index (χ1) is 14.7. The van der Waals surface area contributed by atoms with Crippen molar-refractivity contribution in [1.82, 2.24) is 4.90 Å². The third kappa shape index (κ3) is 3.42. The van der Waals surface area contributed by atoms with E-state index in [-0.39, 0.29) is 23.6 Å². The van der Waals surface area contributed by atoms with Gasteiger partial charge in [0, 0.05) is 35.7 Å². The zero-order valence-corrected chi connectivity index (χ0v) is 17.5. The molecule has 1 aromatic heterocycles. The third-order valence-corrected chi connectivity index (χ3v) is 6.10. The number of rotatable bonds is 6. The number of benzene rings is 1. The van der Waals surface area contributed by atoms with Crippen molar-refractivity contribution in [3.8, 4) is 0 Å². The Morgan fingerprint density at radius 2 is 2.06 bits per heavy atom. The summed E-state index contributed by atoms with van der Waals surface area (Å²) in [5.74, 6) is -2.28. The lowest BCUT2D eigenvalue weighted by Crippen LogP contribution is -2.63. The van der Waals surface area contributed by atoms with E-state index in [0.29, 0.717) is 17.7 Å². The standard InChI is InChI=1S/C23H24N2O6/c1-11-9-18(27)31-17-10-14(6-7-15(11)17)24-8-4-5-16-12(2)20-19(13(3)26)22(28)25(20)21(16)23(29)30/h4-7,9-10,12-13,19-20,24,26H,8H2,1-3H3,(H,29,30)/b5-4+/t12-,13+,19+,20-/m0/s1. The van der Waals surface area contributed by atoms with Crippen molar-refractivity contribution < 1.29 is 24.2 Å². The minimum atomic E-state index is -1.15. The number of aliphatic hydroxyl groups excluding tert-OH is 1. The molecular weight excluding hydrogens is 400 g/mol. The second-order valence-corrected chi connectivity index (χ2v) is 8.11. The maximum atomic E-state index is 12.4. The van der Waals surface area contributed by atoms with Crippen LogP contribution >= 0.6 is 0 Å². The normalized spacial score (nSPS) is 23.9. The van der Waals surface area contributed by atoms with Gasteiger partial charge in [0.1, 0.15) is 11.3 Å². The van der Waals surface area contributed by atoms with Gasteiger partial charge in [-0.15, -0.1) is 0 Å². The minimum absolute atomic E-state index is 0.0152. The smallest absolute Gasteiger partial charge is 0.352 e. The van der Waals surface area contributed by atoms with Gasteiger partial charge in [0.25, 0.3) is 0 Å². The van der Waals surface area contributed by atoms with Crippen molar-refractivity contribution >= 4 is 28.5 Å². The van der Waals surface area contributed by atoms with Crippen molar-refractivity contribution in [2.24, 2.45) is 11.8 Å². The molecule has 0 unspecified atom stereocenters. The molecule has 8 heteroatoms. The van der Waals surface area contributed by atoms with Crippen molar-refractivity contribution in [2.75, 3.05) is 11.9 Å². The first-order valence-electron chi connectivity index (χ1n) is 10.1. The molecule has 0 radical (unpaired) electrons. The molecule has 4 atom stereocenters. The lowest BCUT2D eigenvalue weighted by atomic mass is 9.78. The zero-order valence-electron chi connectivity index (χ0n) is 17.5. The highest BCUT2D eigenvalue weighted by molar-refractivity contribution is 6.00. The summed E-state index contributed by atoms with van der Waals surface area (Å²) in [6.45, 7) is 5.68. The number of hydrogen-bond acceptors (Lipinski definition) is 6. The molecule has 1 fully saturated rings. The number of aryl methyl sites for hydroxylation is 1. The van der Waals surface area contributed by atoms with Crippen LogP contribution in [-0.2, 0) is 9.59 Å². The van der Waals surface area contributed by atoms with E-state index in [2.05, 4.69) is 5.32 Å². The van der Waals surface area contributed by atoms with E-state index in [9.17, 15) is 24.6 Å². The van der Waals surface area contributed by atoms with Gasteiger partial charge < -0.3 is 24.8 Å². The first kappa shape index (κ1) is 20.9. The summed E-state index contributed by atoms with van der Waals surface area (Å²) in [7, 11) is 0. The molecular formula is C23H24N2O6. The van der Waals surface area contributed by atoms with Gasteiger partial charge in [0.2, 0.25) is 5.91 Å². The highest BCUT2D eigenvalue weighted by Gasteiger charge is 2.59. The van der Waals surface area contributed by atoms with Crippen LogP contribution in [0, 0.1) is 18.8 Å². The number of hydrogen-bond donors (Lipinski definition) is 3. The molecule has 162 valence electrons. The molecule has 2 aliphatic rings. The van der Waals surface area contributed by atoms with Gasteiger partial charge in [-0.2, -0.15) is 0 Å². The molecule has 2 aromatic rings. The zero-order chi connectivity index (χ0) is 22.4. The van der Waals surface area contributed by atoms with Crippen LogP contribution in [0.25, 0.3) is 11.0 Å². The Hall–Kier alpha value is -3.39. The highest BCUT2D eigenvalue weighted by atomic mass is 16.4. The minimum Gasteiger partial charge on any atom is -0.477 e. The van der Waals surface area contributed by atoms with Gasteiger partial charge >= 0.3 is 11.6 Å². The molecule has 0 spiro atoms. The Balaban J connectivity index is 1.51. The van der Waals surface area contributed by atoms with Crippen molar-refractivity contribution in [3.05, 3.63) is 63.7 Å². The number of fused-ring (bicyclic) bond motifs is 2. The van der Waals surface area contributed by atoms with Gasteiger partial charge in [0.15, 0.2) is 0 Å². The number of carboxylic acids is 1. The summed E-state index contributed by atoms with van der Waals surface area (Å²) < 4.78 is 5.25. The van der Waals surface area contributed by atoms with Gasteiger partial charge in [-0.05, 0) is 37.1 Å². The number of β-lactam (4-membered cyclic amide) rings is 1. The fourth-order valence-electron chi connectivity index (χ4n) is 4.61. The largest absolute Gasteiger partial charge is 0.477 e. The van der Waals surface area contributed by atoms with Crippen LogP contribution < -0.4 is 10.9 Å². The molecule has 0 aliphatic carbocycles. The Bertz CT molecular complexity index is 1190. The second-order valence-electron chi connectivity index (χ2n) is 8.11. The molecule has 3 heterocycles. The fraction of sp³-hybridized carbons (Fsp3) is 0.348. The first-order valence-corrected chi connectivity index (χ1v) is 10.1. The van der Waals surface area contributed by atoms with E-state index in [0.717, 1.165) is 16.6 Å². The fourth-order valence-corrected chi connectivity index (χ4v) is 4.61. The summed E-state index contributed by atoms with van der Waals surface area (Å²) in [4.78, 5) is 37.1. The molecule has 31 heavy (non-hydrogen) atoms. The van der Waals surface area contributed by atoms with Crippen LogP contribution in [0.2, 0.25) is 0 Å². The molecule has 3 N–H and O–H groups in total. The topological polar surface area (TPSA) is 120 Å². The number of nitrogens with one attached hydrogen (secondary N) is 1. The maximum absolute atomic E-state index is 12.4. The SMILES string of the molecule is Cc1cc(=O)oc2cc(NC/C=C/C3=C(C(=O)O)N4C(=O)[C@H]([C@@H](C)O)[C@@H]4[C@H]3C)ccc12. The van der Waals surface area contributed by atoms with Gasteiger partial charge in [-0.1, -0.05) is 19.1 Å². The average molecular weight is 424 g/mol. The van der Waals surface area contributed by atoms with Gasteiger partial charge in [-0.25, -0.2) is 9.59 Å². The number of carboxylic acid groups (broad SMARTS) is 1. The number of anilines is 1. The maximum Gasteiger partial charge on any atom is 0.352 e. The molecule has 1 amide bonds. The predicted molar refractivity (Wildman–Crippen MR) is 114 cm³/mol. The number of aliphatic hydroxyl groups is 1. The Labute approximate surface area is 178 Å². The molecule has 1 aromatic carbocycles. The third-order valence-electron chi connectivity index (χ3n) is 6.10. The lowest BCUT2D eigenvalue weighted by Gasteiger charge is -2.46. The van der Waals surface area contributed by atoms with E-state index in [1.54, 1.807) is 25.1 Å². The van der Waals surface area contributed by atoms with Crippen molar-refractivity contribution in [1.29, 1.82) is 0 Å². The number of nitrogens with zero attached hydrogens (tertiary/aromatic N) is 1. The molecule has 8 nitrogen and oxygen atoms in total. The lowest BCUT2D eigenvalue weighted by molar-refractivity contribution is -0.163.